The zero-order chi connectivity index (χ0) is 10.6. The van der Waals surface area contributed by atoms with Gasteiger partial charge in [-0.15, -0.1) is 0 Å². The van der Waals surface area contributed by atoms with Gasteiger partial charge in [0, 0.05) is 17.5 Å². The summed E-state index contributed by atoms with van der Waals surface area (Å²) in [7, 11) is 0. The summed E-state index contributed by atoms with van der Waals surface area (Å²) in [6.45, 7) is 0. The zero-order valence-electron chi connectivity index (χ0n) is 7.11. The van der Waals surface area contributed by atoms with Crippen molar-refractivity contribution in [1.29, 1.82) is 0 Å². The molecule has 0 aliphatic carbocycles. The molecule has 74 valence electrons. The highest BCUT2D eigenvalue weighted by Gasteiger charge is 2.07. The maximum Gasteiger partial charge on any atom is 0.270 e. The topological polar surface area (TPSA) is 43.1 Å². The largest absolute Gasteiger partial charge is 0.270 e. The highest BCUT2D eigenvalue weighted by molar-refractivity contribution is 9.09. The van der Waals surface area contributed by atoms with Gasteiger partial charge in [0.05, 0.1) is 9.95 Å². The number of hydrogen-bond acceptors (Lipinski definition) is 2. The van der Waals surface area contributed by atoms with Gasteiger partial charge >= 0.3 is 0 Å². The summed E-state index contributed by atoms with van der Waals surface area (Å²) in [5.41, 5.74) is 0.780. The zero-order valence-corrected chi connectivity index (χ0v) is 9.46. The Bertz CT molecular complexity index is 379. The van der Waals surface area contributed by atoms with E-state index in [0.717, 1.165) is 10.9 Å². The first-order valence-electron chi connectivity index (χ1n) is 3.81. The third-order valence-corrected chi connectivity index (χ3v) is 2.28. The maximum atomic E-state index is 10.4. The fourth-order valence-electron chi connectivity index (χ4n) is 0.936. The van der Waals surface area contributed by atoms with E-state index in [-0.39, 0.29) is 5.69 Å². The predicted octanol–water partition coefficient (Wildman–Crippen LogP) is 3.66. The fourth-order valence-corrected chi connectivity index (χ4v) is 1.36. The Hall–Kier alpha value is -0.870. The molecule has 0 aliphatic heterocycles. The van der Waals surface area contributed by atoms with E-state index in [1.807, 2.05) is 6.08 Å². The molecule has 0 atom stereocenters. The van der Waals surface area contributed by atoms with Gasteiger partial charge in [-0.2, -0.15) is 0 Å². The van der Waals surface area contributed by atoms with Crippen LogP contribution in [0.1, 0.15) is 5.56 Å². The van der Waals surface area contributed by atoms with E-state index >= 15 is 0 Å². The minimum absolute atomic E-state index is 0.00555. The summed E-state index contributed by atoms with van der Waals surface area (Å²) < 4.78 is 0. The predicted molar refractivity (Wildman–Crippen MR) is 60.9 cm³/mol. The molecule has 0 unspecified atom stereocenters. The lowest BCUT2D eigenvalue weighted by Gasteiger charge is -1.97. The van der Waals surface area contributed by atoms with Gasteiger partial charge in [0.1, 0.15) is 0 Å². The summed E-state index contributed by atoms with van der Waals surface area (Å²) in [5.74, 6) is 0. The number of nitrogens with zero attached hydrogens (tertiary/aromatic N) is 1. The first-order valence-corrected chi connectivity index (χ1v) is 5.31. The fraction of sp³-hybridized carbons (Fsp3) is 0.111. The normalized spacial score (nSPS) is 10.7. The van der Waals surface area contributed by atoms with Crippen LogP contribution in [-0.2, 0) is 0 Å². The van der Waals surface area contributed by atoms with E-state index in [0.29, 0.717) is 5.02 Å². The van der Waals surface area contributed by atoms with E-state index in [9.17, 15) is 10.1 Å². The van der Waals surface area contributed by atoms with E-state index in [2.05, 4.69) is 15.9 Å². The van der Waals surface area contributed by atoms with Gasteiger partial charge in [-0.1, -0.05) is 39.7 Å². The van der Waals surface area contributed by atoms with Crippen molar-refractivity contribution in [3.63, 3.8) is 0 Å². The van der Waals surface area contributed by atoms with Crippen LogP contribution in [-0.4, -0.2) is 10.3 Å². The second-order valence-corrected chi connectivity index (χ2v) is 3.57. The Morgan fingerprint density at radius 3 is 2.79 bits per heavy atom. The average Bonchev–Trinajstić information content (AvgIpc) is 2.15. The molecule has 0 radical (unpaired) electrons. The van der Waals surface area contributed by atoms with Gasteiger partial charge in [0.25, 0.3) is 5.69 Å². The highest BCUT2D eigenvalue weighted by Crippen LogP contribution is 2.23. The van der Waals surface area contributed by atoms with Crippen molar-refractivity contribution in [2.45, 2.75) is 0 Å². The van der Waals surface area contributed by atoms with E-state index in [1.165, 1.54) is 12.1 Å². The molecule has 3 nitrogen and oxygen atoms in total. The SMILES string of the molecule is O=[N+]([O-])c1ccc(C=CCBr)c(Cl)c1. The van der Waals surface area contributed by atoms with Crippen molar-refractivity contribution in [2.24, 2.45) is 0 Å². The minimum Gasteiger partial charge on any atom is -0.258 e. The second-order valence-electron chi connectivity index (χ2n) is 2.52. The number of allylic oxidation sites excluding steroid dienone is 1. The lowest BCUT2D eigenvalue weighted by molar-refractivity contribution is -0.384. The van der Waals surface area contributed by atoms with Crippen LogP contribution in [0.25, 0.3) is 6.08 Å². The quantitative estimate of drug-likeness (QED) is 0.480. The molecule has 0 saturated carbocycles. The molecular formula is C9H7BrClNO2. The van der Waals surface area contributed by atoms with Crippen molar-refractivity contribution < 1.29 is 4.92 Å². The lowest BCUT2D eigenvalue weighted by Crippen LogP contribution is -1.87. The molecule has 5 heteroatoms. The molecule has 0 amide bonds. The second kappa shape index (κ2) is 5.12. The standard InChI is InChI=1S/C9H7BrClNO2/c10-5-1-2-7-3-4-8(12(13)14)6-9(7)11/h1-4,6H,5H2. The van der Waals surface area contributed by atoms with E-state index in [1.54, 1.807) is 12.1 Å². The van der Waals surface area contributed by atoms with Crippen LogP contribution < -0.4 is 0 Å². The van der Waals surface area contributed by atoms with Gasteiger partial charge in [0.15, 0.2) is 0 Å². The van der Waals surface area contributed by atoms with Crippen molar-refractivity contribution in [1.82, 2.24) is 0 Å². The van der Waals surface area contributed by atoms with Crippen LogP contribution in [0.4, 0.5) is 5.69 Å². The Labute approximate surface area is 94.7 Å². The van der Waals surface area contributed by atoms with Crippen LogP contribution in [0.15, 0.2) is 24.3 Å². The Morgan fingerprint density at radius 1 is 1.57 bits per heavy atom. The smallest absolute Gasteiger partial charge is 0.258 e. The van der Waals surface area contributed by atoms with E-state index in [4.69, 9.17) is 11.6 Å². The molecule has 0 heterocycles. The molecule has 0 N–H and O–H groups in total. The summed E-state index contributed by atoms with van der Waals surface area (Å²) in [6, 6.07) is 4.40. The monoisotopic (exact) mass is 275 g/mol. The van der Waals surface area contributed by atoms with Crippen molar-refractivity contribution >= 4 is 39.3 Å². The summed E-state index contributed by atoms with van der Waals surface area (Å²) in [4.78, 5) is 9.93. The third-order valence-electron chi connectivity index (χ3n) is 1.58. The van der Waals surface area contributed by atoms with Gasteiger partial charge < -0.3 is 0 Å². The molecule has 0 spiro atoms. The molecule has 1 aromatic rings. The molecule has 0 aromatic heterocycles. The summed E-state index contributed by atoms with van der Waals surface area (Å²) in [5, 5.41) is 11.5. The van der Waals surface area contributed by atoms with Crippen molar-refractivity contribution in [3.8, 4) is 0 Å². The summed E-state index contributed by atoms with van der Waals surface area (Å²) in [6.07, 6.45) is 3.67. The number of halogens is 2. The van der Waals surface area contributed by atoms with Gasteiger partial charge in [-0.3, -0.25) is 10.1 Å². The highest BCUT2D eigenvalue weighted by atomic mass is 79.9. The lowest BCUT2D eigenvalue weighted by atomic mass is 10.2. The number of rotatable bonds is 3. The Balaban J connectivity index is 3.01. The molecule has 0 bridgehead atoms. The first-order chi connectivity index (χ1) is 6.65. The van der Waals surface area contributed by atoms with E-state index < -0.39 is 4.92 Å². The van der Waals surface area contributed by atoms with Crippen LogP contribution in [0.3, 0.4) is 0 Å². The van der Waals surface area contributed by atoms with Crippen LogP contribution in [0.5, 0.6) is 0 Å². The third kappa shape index (κ3) is 2.82. The molecular weight excluding hydrogens is 269 g/mol. The van der Waals surface area contributed by atoms with Crippen LogP contribution in [0.2, 0.25) is 5.02 Å². The van der Waals surface area contributed by atoms with Crippen molar-refractivity contribution in [2.75, 3.05) is 5.33 Å². The number of non-ortho nitro benzene ring substituents is 1. The molecule has 0 aliphatic rings. The number of benzene rings is 1. The first kappa shape index (κ1) is 11.2. The molecule has 1 aromatic carbocycles. The summed E-state index contributed by atoms with van der Waals surface area (Å²) >= 11 is 9.07. The molecule has 0 saturated heterocycles. The van der Waals surface area contributed by atoms with Gasteiger partial charge in [0.2, 0.25) is 0 Å². The minimum atomic E-state index is -0.468. The molecule has 14 heavy (non-hydrogen) atoms. The molecule has 1 rings (SSSR count). The number of alkyl halides is 1. The number of nitro benzene ring substituents is 1. The van der Waals surface area contributed by atoms with Crippen LogP contribution >= 0.6 is 27.5 Å². The Morgan fingerprint density at radius 2 is 2.29 bits per heavy atom. The Kier molecular flexibility index (Phi) is 4.10. The van der Waals surface area contributed by atoms with Crippen molar-refractivity contribution in [3.05, 3.63) is 45.0 Å². The number of hydrogen-bond donors (Lipinski definition) is 0. The van der Waals surface area contributed by atoms with Gasteiger partial charge in [-0.25, -0.2) is 0 Å². The van der Waals surface area contributed by atoms with Crippen LogP contribution in [0, 0.1) is 10.1 Å². The van der Waals surface area contributed by atoms with Gasteiger partial charge in [-0.05, 0) is 11.6 Å². The average molecular weight is 277 g/mol. The maximum absolute atomic E-state index is 10.4. The number of nitro groups is 1. The molecule has 0 fully saturated rings.